The van der Waals surface area contributed by atoms with Crippen molar-refractivity contribution in [2.24, 2.45) is 44.8 Å². The second-order valence-corrected chi connectivity index (χ2v) is 15.4. The summed E-state index contributed by atoms with van der Waals surface area (Å²) in [6.07, 6.45) is 14.5. The van der Waals surface area contributed by atoms with Crippen LogP contribution >= 0.6 is 0 Å². The van der Waals surface area contributed by atoms with Crippen molar-refractivity contribution in [2.45, 2.75) is 112 Å². The number of methoxy groups -OCH3 is 1. The monoisotopic (exact) mass is 493 g/mol. The summed E-state index contributed by atoms with van der Waals surface area (Å²) in [6.45, 7) is 17.4. The fourth-order valence-electron chi connectivity index (χ4n) is 11.1. The molecule has 0 aromatic carbocycles. The highest BCUT2D eigenvalue weighted by Gasteiger charge is 2.69. The predicted molar refractivity (Wildman–Crippen MR) is 141 cm³/mol. The van der Waals surface area contributed by atoms with Crippen LogP contribution in [-0.4, -0.2) is 18.2 Å². The lowest BCUT2D eigenvalue weighted by atomic mass is 9.33. The summed E-state index contributed by atoms with van der Waals surface area (Å²) in [6, 6.07) is 0. The van der Waals surface area contributed by atoms with Crippen molar-refractivity contribution in [3.63, 3.8) is 0 Å². The minimum atomic E-state index is -0.329. The Morgan fingerprint density at radius 2 is 1.72 bits per heavy atom. The fourth-order valence-corrected chi connectivity index (χ4v) is 11.1. The molecule has 3 saturated carbocycles. The van der Waals surface area contributed by atoms with Crippen molar-refractivity contribution in [3.8, 4) is 0 Å². The third-order valence-corrected chi connectivity index (χ3v) is 13.2. The summed E-state index contributed by atoms with van der Waals surface area (Å²) in [4.78, 5) is 13.4. The quantitative estimate of drug-likeness (QED) is 0.298. The lowest BCUT2D eigenvalue weighted by molar-refractivity contribution is -0.179. The van der Waals surface area contributed by atoms with Crippen LogP contribution in [0.3, 0.4) is 0 Å². The van der Waals surface area contributed by atoms with Crippen LogP contribution < -0.4 is 0 Å². The largest absolute Gasteiger partial charge is 0.469 e. The van der Waals surface area contributed by atoms with E-state index in [1.807, 2.05) is 6.26 Å². The molecule has 36 heavy (non-hydrogen) atoms. The maximum atomic E-state index is 13.4. The van der Waals surface area contributed by atoms with E-state index in [-0.39, 0.29) is 38.5 Å². The predicted octanol–water partition coefficient (Wildman–Crippen LogP) is 7.66. The van der Waals surface area contributed by atoms with Crippen LogP contribution in [0.1, 0.15) is 111 Å². The van der Waals surface area contributed by atoms with Crippen LogP contribution in [0.15, 0.2) is 22.4 Å². The molecule has 0 N–H and O–H groups in total. The molecule has 0 amide bonds. The molecule has 0 spiro atoms. The minimum absolute atomic E-state index is 0.0293. The molecule has 1 aromatic heterocycles. The van der Waals surface area contributed by atoms with Gasteiger partial charge in [-0.3, -0.25) is 4.79 Å². The van der Waals surface area contributed by atoms with Gasteiger partial charge in [0, 0.05) is 11.0 Å². The van der Waals surface area contributed by atoms with E-state index in [9.17, 15) is 4.79 Å². The van der Waals surface area contributed by atoms with Crippen LogP contribution in [0.5, 0.6) is 0 Å². The Morgan fingerprint density at radius 1 is 1.00 bits per heavy atom. The van der Waals surface area contributed by atoms with Crippen LogP contribution in [0.25, 0.3) is 0 Å². The number of fused-ring (bicyclic) bond motifs is 8. The number of ether oxygens (including phenoxy) is 1. The summed E-state index contributed by atoms with van der Waals surface area (Å²) < 4.78 is 11.1. The first kappa shape index (κ1) is 24.7. The Bertz CT molecular complexity index is 1130. The van der Waals surface area contributed by atoms with E-state index in [0.29, 0.717) is 17.8 Å². The highest BCUT2D eigenvalue weighted by molar-refractivity contribution is 5.78. The van der Waals surface area contributed by atoms with E-state index < -0.39 is 0 Å². The first-order chi connectivity index (χ1) is 16.8. The first-order valence-corrected chi connectivity index (χ1v) is 14.5. The summed E-state index contributed by atoms with van der Waals surface area (Å²) in [5.41, 5.74) is 4.64. The average Bonchev–Trinajstić information content (AvgIpc) is 3.27. The molecule has 0 unspecified atom stereocenters. The highest BCUT2D eigenvalue weighted by Crippen LogP contribution is 2.75. The van der Waals surface area contributed by atoms with Gasteiger partial charge in [0.25, 0.3) is 0 Å². The van der Waals surface area contributed by atoms with Crippen LogP contribution in [0.2, 0.25) is 0 Å². The Hall–Kier alpha value is -1.58. The molecule has 0 aliphatic heterocycles. The van der Waals surface area contributed by atoms with Gasteiger partial charge in [0.1, 0.15) is 6.26 Å². The molecule has 0 radical (unpaired) electrons. The number of hydrogen-bond donors (Lipinski definition) is 0. The van der Waals surface area contributed by atoms with Crippen molar-refractivity contribution in [1.29, 1.82) is 0 Å². The molecule has 5 aliphatic carbocycles. The van der Waals surface area contributed by atoms with E-state index in [4.69, 9.17) is 9.26 Å². The van der Waals surface area contributed by atoms with Gasteiger partial charge in [0.15, 0.2) is 0 Å². The number of carbonyl (C=O) groups excluding carboxylic acids is 1. The van der Waals surface area contributed by atoms with Gasteiger partial charge in [0.05, 0.1) is 18.2 Å². The number of carbonyl (C=O) groups is 1. The van der Waals surface area contributed by atoms with Crippen LogP contribution in [0.4, 0.5) is 0 Å². The molecule has 0 bridgehead atoms. The second-order valence-electron chi connectivity index (χ2n) is 15.4. The molecule has 198 valence electrons. The maximum absolute atomic E-state index is 13.4. The van der Waals surface area contributed by atoms with Gasteiger partial charge >= 0.3 is 5.97 Å². The minimum Gasteiger partial charge on any atom is -0.469 e. The van der Waals surface area contributed by atoms with Crippen LogP contribution in [-0.2, 0) is 21.4 Å². The van der Waals surface area contributed by atoms with Crippen molar-refractivity contribution in [2.75, 3.05) is 7.11 Å². The van der Waals surface area contributed by atoms with Crippen molar-refractivity contribution >= 4 is 5.97 Å². The van der Waals surface area contributed by atoms with Gasteiger partial charge in [-0.15, -0.1) is 0 Å². The smallest absolute Gasteiger partial charge is 0.312 e. The molecule has 0 saturated heterocycles. The molecule has 7 atom stereocenters. The normalized spacial score (nSPS) is 46.2. The SMILES string of the molecule is COC(=O)[C@]12CCC(C)(C)C[C@H]1C1=CC[C@@H]3[C@@]4(C)Cc5conc5C(C)(C)[C@H]4CC[C@@]3(C)[C@]1(C)CC2. The fraction of sp³-hybridized carbons (Fsp3) is 0.812. The summed E-state index contributed by atoms with van der Waals surface area (Å²) >= 11 is 0. The summed E-state index contributed by atoms with van der Waals surface area (Å²) in [5.74, 6) is 1.57. The molecule has 5 aliphatic rings. The Kier molecular flexibility index (Phi) is 5.01. The van der Waals surface area contributed by atoms with Gasteiger partial charge in [-0.1, -0.05) is 65.3 Å². The van der Waals surface area contributed by atoms with E-state index in [0.717, 1.165) is 44.9 Å². The molecule has 6 rings (SSSR count). The zero-order valence-electron chi connectivity index (χ0n) is 23.9. The summed E-state index contributed by atoms with van der Waals surface area (Å²) in [5, 5.41) is 4.49. The lowest BCUT2D eigenvalue weighted by Gasteiger charge is -2.70. The van der Waals surface area contributed by atoms with Gasteiger partial charge < -0.3 is 9.26 Å². The lowest BCUT2D eigenvalue weighted by Crippen LogP contribution is -2.64. The summed E-state index contributed by atoms with van der Waals surface area (Å²) in [7, 11) is 1.60. The topological polar surface area (TPSA) is 52.3 Å². The Morgan fingerprint density at radius 3 is 2.44 bits per heavy atom. The second kappa shape index (κ2) is 7.29. The molecule has 4 nitrogen and oxygen atoms in total. The third-order valence-electron chi connectivity index (χ3n) is 13.2. The van der Waals surface area contributed by atoms with Crippen molar-refractivity contribution in [1.82, 2.24) is 5.16 Å². The highest BCUT2D eigenvalue weighted by atomic mass is 16.5. The van der Waals surface area contributed by atoms with E-state index in [2.05, 4.69) is 59.7 Å². The number of esters is 1. The molecule has 1 heterocycles. The molecule has 3 fully saturated rings. The molecule has 1 aromatic rings. The number of rotatable bonds is 1. The Labute approximate surface area is 218 Å². The number of allylic oxidation sites excluding steroid dienone is 2. The molecular weight excluding hydrogens is 446 g/mol. The number of hydrogen-bond acceptors (Lipinski definition) is 4. The number of nitrogens with zero attached hydrogens (tertiary/aromatic N) is 1. The first-order valence-electron chi connectivity index (χ1n) is 14.5. The zero-order chi connectivity index (χ0) is 25.9. The third kappa shape index (κ3) is 2.83. The van der Waals surface area contributed by atoms with Crippen LogP contribution in [0, 0.1) is 44.8 Å². The molecule has 4 heteroatoms. The van der Waals surface area contributed by atoms with E-state index in [1.54, 1.807) is 12.7 Å². The zero-order valence-corrected chi connectivity index (χ0v) is 23.9. The van der Waals surface area contributed by atoms with E-state index in [1.165, 1.54) is 24.1 Å². The molecular formula is C32H47NO3. The Balaban J connectivity index is 1.46. The van der Waals surface area contributed by atoms with Crippen molar-refractivity contribution < 1.29 is 14.1 Å². The number of aromatic nitrogens is 1. The van der Waals surface area contributed by atoms with Gasteiger partial charge in [0.2, 0.25) is 0 Å². The average molecular weight is 494 g/mol. The van der Waals surface area contributed by atoms with Gasteiger partial charge in [-0.2, -0.15) is 0 Å². The van der Waals surface area contributed by atoms with Crippen molar-refractivity contribution in [3.05, 3.63) is 29.2 Å². The van der Waals surface area contributed by atoms with E-state index >= 15 is 0 Å². The van der Waals surface area contributed by atoms with Gasteiger partial charge in [-0.25, -0.2) is 0 Å². The van der Waals surface area contributed by atoms with Gasteiger partial charge in [-0.05, 0) is 97.2 Å². The standard InChI is InChI=1S/C32H47NO3/c1-27(2)13-15-32(26(34)35-8)16-14-30(6)21(22(32)18-27)9-10-24-29(5)17-20-19-36-33-25(20)28(3,4)23(29)11-12-31(24,30)7/h9,19,22-24H,10-18H2,1-8H3/t22-,23+,24+,29-,30+,31+,32-/m0/s1. The maximum Gasteiger partial charge on any atom is 0.312 e.